The van der Waals surface area contributed by atoms with Gasteiger partial charge in [0.1, 0.15) is 0 Å². The maximum absolute atomic E-state index is 4.34. The molecule has 0 radical (unpaired) electrons. The molecule has 12 heavy (non-hydrogen) atoms. The fourth-order valence-corrected chi connectivity index (χ4v) is 1.47. The summed E-state index contributed by atoms with van der Waals surface area (Å²) in [6.07, 6.45) is 5.53. The lowest BCUT2D eigenvalue weighted by molar-refractivity contribution is 0.550. The van der Waals surface area contributed by atoms with Crippen LogP contribution in [0.1, 0.15) is 37.9 Å². The first-order valence-electron chi connectivity index (χ1n) is 4.80. The van der Waals surface area contributed by atoms with Crippen molar-refractivity contribution in [1.29, 1.82) is 0 Å². The Hall–Kier alpha value is -0.790. The highest BCUT2D eigenvalue weighted by Crippen LogP contribution is 2.08. The van der Waals surface area contributed by atoms with Crippen LogP contribution < -0.4 is 0 Å². The molecule has 0 fully saturated rings. The second-order valence-corrected chi connectivity index (χ2v) is 3.20. The van der Waals surface area contributed by atoms with Gasteiger partial charge in [0.25, 0.3) is 0 Å². The van der Waals surface area contributed by atoms with Gasteiger partial charge in [-0.1, -0.05) is 20.3 Å². The monoisotopic (exact) mass is 166 g/mol. The molecular formula is C10H18N2. The minimum absolute atomic E-state index is 1.08. The Labute approximate surface area is 74.6 Å². The molecular weight excluding hydrogens is 148 g/mol. The van der Waals surface area contributed by atoms with E-state index < -0.39 is 0 Å². The average molecular weight is 166 g/mol. The second-order valence-electron chi connectivity index (χ2n) is 3.20. The van der Waals surface area contributed by atoms with Crippen LogP contribution in [0.15, 0.2) is 6.20 Å². The SMILES string of the molecule is CCCCn1ncc(C)c1CC. The summed E-state index contributed by atoms with van der Waals surface area (Å²) in [4.78, 5) is 0. The van der Waals surface area contributed by atoms with Crippen molar-refractivity contribution in [3.05, 3.63) is 17.5 Å². The first-order chi connectivity index (χ1) is 5.79. The lowest BCUT2D eigenvalue weighted by atomic mass is 10.2. The van der Waals surface area contributed by atoms with E-state index in [1.807, 2.05) is 6.20 Å². The number of nitrogens with zero attached hydrogens (tertiary/aromatic N) is 2. The Morgan fingerprint density at radius 3 is 2.75 bits per heavy atom. The molecule has 0 aliphatic heterocycles. The third-order valence-corrected chi connectivity index (χ3v) is 2.22. The lowest BCUT2D eigenvalue weighted by Crippen LogP contribution is -2.04. The Bertz CT molecular complexity index is 238. The van der Waals surface area contributed by atoms with Gasteiger partial charge >= 0.3 is 0 Å². The predicted molar refractivity (Wildman–Crippen MR) is 51.3 cm³/mol. The van der Waals surface area contributed by atoms with Gasteiger partial charge in [-0.05, 0) is 25.3 Å². The largest absolute Gasteiger partial charge is 0.269 e. The van der Waals surface area contributed by atoms with Crippen molar-refractivity contribution in [3.8, 4) is 0 Å². The standard InChI is InChI=1S/C10H18N2/c1-4-6-7-12-10(5-2)9(3)8-11-12/h8H,4-7H2,1-3H3. The van der Waals surface area contributed by atoms with Crippen LogP contribution in [0.5, 0.6) is 0 Å². The summed E-state index contributed by atoms with van der Waals surface area (Å²) >= 11 is 0. The van der Waals surface area contributed by atoms with Crippen LogP contribution in [-0.2, 0) is 13.0 Å². The summed E-state index contributed by atoms with van der Waals surface area (Å²) in [7, 11) is 0. The number of hydrogen-bond acceptors (Lipinski definition) is 1. The predicted octanol–water partition coefficient (Wildman–Crippen LogP) is 2.55. The molecule has 0 N–H and O–H groups in total. The summed E-state index contributed by atoms with van der Waals surface area (Å²) in [6, 6.07) is 0. The summed E-state index contributed by atoms with van der Waals surface area (Å²) in [5, 5.41) is 4.34. The van der Waals surface area contributed by atoms with E-state index >= 15 is 0 Å². The van der Waals surface area contributed by atoms with Gasteiger partial charge in [0.05, 0.1) is 6.20 Å². The van der Waals surface area contributed by atoms with E-state index in [9.17, 15) is 0 Å². The first kappa shape index (κ1) is 9.30. The minimum Gasteiger partial charge on any atom is -0.269 e. The number of aromatic nitrogens is 2. The van der Waals surface area contributed by atoms with Crippen LogP contribution in [0, 0.1) is 6.92 Å². The van der Waals surface area contributed by atoms with Gasteiger partial charge in [0.2, 0.25) is 0 Å². The van der Waals surface area contributed by atoms with E-state index in [0.717, 1.165) is 13.0 Å². The highest BCUT2D eigenvalue weighted by Gasteiger charge is 2.03. The molecule has 0 saturated heterocycles. The zero-order chi connectivity index (χ0) is 8.97. The Balaban J connectivity index is 2.70. The van der Waals surface area contributed by atoms with E-state index in [1.165, 1.54) is 24.1 Å². The molecule has 0 unspecified atom stereocenters. The molecule has 0 bridgehead atoms. The van der Waals surface area contributed by atoms with Crippen molar-refractivity contribution in [2.45, 2.75) is 46.6 Å². The Kier molecular flexibility index (Phi) is 3.32. The molecule has 0 aliphatic rings. The van der Waals surface area contributed by atoms with Crippen LogP contribution in [0.3, 0.4) is 0 Å². The molecule has 0 aliphatic carbocycles. The molecule has 1 heterocycles. The zero-order valence-corrected chi connectivity index (χ0v) is 8.30. The molecule has 2 heteroatoms. The van der Waals surface area contributed by atoms with E-state index in [2.05, 4.69) is 30.6 Å². The second kappa shape index (κ2) is 4.29. The minimum atomic E-state index is 1.08. The molecule has 0 amide bonds. The normalized spacial score (nSPS) is 10.6. The van der Waals surface area contributed by atoms with Crippen molar-refractivity contribution >= 4 is 0 Å². The molecule has 0 atom stereocenters. The first-order valence-corrected chi connectivity index (χ1v) is 4.80. The number of hydrogen-bond donors (Lipinski definition) is 0. The number of aryl methyl sites for hydroxylation is 2. The third-order valence-electron chi connectivity index (χ3n) is 2.22. The van der Waals surface area contributed by atoms with Crippen LogP contribution >= 0.6 is 0 Å². The lowest BCUT2D eigenvalue weighted by Gasteiger charge is -2.04. The Morgan fingerprint density at radius 2 is 2.17 bits per heavy atom. The summed E-state index contributed by atoms with van der Waals surface area (Å²) in [5.74, 6) is 0. The number of unbranched alkanes of at least 4 members (excludes halogenated alkanes) is 1. The van der Waals surface area contributed by atoms with Gasteiger partial charge in [0, 0.05) is 12.2 Å². The van der Waals surface area contributed by atoms with Gasteiger partial charge in [0.15, 0.2) is 0 Å². The Morgan fingerprint density at radius 1 is 1.42 bits per heavy atom. The van der Waals surface area contributed by atoms with Crippen molar-refractivity contribution in [2.75, 3.05) is 0 Å². The molecule has 1 aromatic heterocycles. The van der Waals surface area contributed by atoms with Gasteiger partial charge in [-0.2, -0.15) is 5.10 Å². The summed E-state index contributed by atoms with van der Waals surface area (Å²) < 4.78 is 2.14. The van der Waals surface area contributed by atoms with Gasteiger partial charge < -0.3 is 0 Å². The van der Waals surface area contributed by atoms with Crippen molar-refractivity contribution in [3.63, 3.8) is 0 Å². The highest BCUT2D eigenvalue weighted by molar-refractivity contribution is 5.15. The summed E-state index contributed by atoms with van der Waals surface area (Å²) in [6.45, 7) is 7.61. The summed E-state index contributed by atoms with van der Waals surface area (Å²) in [5.41, 5.74) is 2.72. The van der Waals surface area contributed by atoms with Crippen molar-refractivity contribution < 1.29 is 0 Å². The van der Waals surface area contributed by atoms with Gasteiger partial charge in [-0.15, -0.1) is 0 Å². The van der Waals surface area contributed by atoms with E-state index in [1.54, 1.807) is 0 Å². The smallest absolute Gasteiger partial charge is 0.0521 e. The third kappa shape index (κ3) is 1.87. The topological polar surface area (TPSA) is 17.8 Å². The van der Waals surface area contributed by atoms with Gasteiger partial charge in [-0.25, -0.2) is 0 Å². The maximum Gasteiger partial charge on any atom is 0.0521 e. The van der Waals surface area contributed by atoms with E-state index in [0.29, 0.717) is 0 Å². The molecule has 0 saturated carbocycles. The van der Waals surface area contributed by atoms with Gasteiger partial charge in [-0.3, -0.25) is 4.68 Å². The van der Waals surface area contributed by atoms with Crippen molar-refractivity contribution in [1.82, 2.24) is 9.78 Å². The molecule has 1 aromatic rings. The highest BCUT2D eigenvalue weighted by atomic mass is 15.3. The molecule has 68 valence electrons. The molecule has 1 rings (SSSR count). The number of rotatable bonds is 4. The fourth-order valence-electron chi connectivity index (χ4n) is 1.47. The average Bonchev–Trinajstić information content (AvgIpc) is 2.43. The zero-order valence-electron chi connectivity index (χ0n) is 8.30. The maximum atomic E-state index is 4.34. The van der Waals surface area contributed by atoms with Crippen LogP contribution in [0.25, 0.3) is 0 Å². The van der Waals surface area contributed by atoms with Crippen LogP contribution in [0.4, 0.5) is 0 Å². The van der Waals surface area contributed by atoms with Crippen molar-refractivity contribution in [2.24, 2.45) is 0 Å². The van der Waals surface area contributed by atoms with Crippen LogP contribution in [0.2, 0.25) is 0 Å². The molecule has 0 aromatic carbocycles. The molecule has 2 nitrogen and oxygen atoms in total. The van der Waals surface area contributed by atoms with E-state index in [4.69, 9.17) is 0 Å². The van der Waals surface area contributed by atoms with E-state index in [-0.39, 0.29) is 0 Å². The fraction of sp³-hybridized carbons (Fsp3) is 0.700. The quantitative estimate of drug-likeness (QED) is 0.672. The van der Waals surface area contributed by atoms with Crippen LogP contribution in [-0.4, -0.2) is 9.78 Å². The molecule has 0 spiro atoms.